The molecule has 0 aliphatic carbocycles. The third-order valence-corrected chi connectivity index (χ3v) is 2.48. The van der Waals surface area contributed by atoms with Crippen molar-refractivity contribution in [3.8, 4) is 0 Å². The van der Waals surface area contributed by atoms with Crippen molar-refractivity contribution in [1.82, 2.24) is 9.55 Å². The second-order valence-electron chi connectivity index (χ2n) is 3.93. The lowest BCUT2D eigenvalue weighted by atomic mass is 10.3. The average molecular weight is 224 g/mol. The number of aryl methyl sites for hydroxylation is 1. The third kappa shape index (κ3) is 3.68. The van der Waals surface area contributed by atoms with Crippen molar-refractivity contribution < 1.29 is 9.53 Å². The van der Waals surface area contributed by atoms with Crippen LogP contribution in [0.15, 0.2) is 12.4 Å². The molecule has 16 heavy (non-hydrogen) atoms. The smallest absolute Gasteiger partial charge is 0.326 e. The van der Waals surface area contributed by atoms with Gasteiger partial charge in [0.15, 0.2) is 0 Å². The first-order valence-electron chi connectivity index (χ1n) is 5.86. The fraction of sp³-hybridized carbons (Fsp3) is 0.667. The van der Waals surface area contributed by atoms with Crippen molar-refractivity contribution in [2.24, 2.45) is 0 Å². The number of rotatable bonds is 6. The first-order valence-corrected chi connectivity index (χ1v) is 5.86. The van der Waals surface area contributed by atoms with Crippen LogP contribution in [0.25, 0.3) is 0 Å². The predicted molar refractivity (Wildman–Crippen MR) is 62.1 cm³/mol. The molecule has 0 saturated heterocycles. The van der Waals surface area contributed by atoms with Crippen molar-refractivity contribution >= 4 is 5.97 Å². The van der Waals surface area contributed by atoms with Crippen LogP contribution in [0, 0.1) is 0 Å². The van der Waals surface area contributed by atoms with Gasteiger partial charge in [-0.05, 0) is 19.8 Å². The molecule has 0 aliphatic rings. The summed E-state index contributed by atoms with van der Waals surface area (Å²) < 4.78 is 7.07. The number of hydrogen-bond acceptors (Lipinski definition) is 3. The van der Waals surface area contributed by atoms with Gasteiger partial charge < -0.3 is 9.30 Å². The van der Waals surface area contributed by atoms with E-state index in [9.17, 15) is 4.79 Å². The molecule has 0 saturated carbocycles. The summed E-state index contributed by atoms with van der Waals surface area (Å²) in [7, 11) is 0. The maximum atomic E-state index is 11.6. The number of carbonyl (C=O) groups is 1. The van der Waals surface area contributed by atoms with Crippen LogP contribution < -0.4 is 0 Å². The van der Waals surface area contributed by atoms with E-state index in [4.69, 9.17) is 4.74 Å². The summed E-state index contributed by atoms with van der Waals surface area (Å²) in [5.41, 5.74) is 0. The Morgan fingerprint density at radius 1 is 1.56 bits per heavy atom. The molecular formula is C12H20N2O2. The molecule has 4 heteroatoms. The van der Waals surface area contributed by atoms with E-state index in [0.29, 0.717) is 0 Å². The van der Waals surface area contributed by atoms with Crippen LogP contribution in [0.4, 0.5) is 0 Å². The molecule has 1 heterocycles. The Kier molecular flexibility index (Phi) is 5.02. The standard InChI is InChI=1S/C12H20N2O2/c1-4-6-11-13-7-8-14(11)9-12(15)16-10(3)5-2/h7-8,10H,4-6,9H2,1-3H3. The number of ether oxygens (including phenoxy) is 1. The number of nitrogens with zero attached hydrogens (tertiary/aromatic N) is 2. The van der Waals surface area contributed by atoms with Gasteiger partial charge in [-0.1, -0.05) is 13.8 Å². The number of hydrogen-bond donors (Lipinski definition) is 0. The van der Waals surface area contributed by atoms with Crippen molar-refractivity contribution in [2.45, 2.75) is 52.7 Å². The number of esters is 1. The molecular weight excluding hydrogens is 204 g/mol. The molecule has 0 fully saturated rings. The van der Waals surface area contributed by atoms with Crippen LogP contribution >= 0.6 is 0 Å². The summed E-state index contributed by atoms with van der Waals surface area (Å²) in [6.07, 6.45) is 6.30. The zero-order valence-electron chi connectivity index (χ0n) is 10.3. The Morgan fingerprint density at radius 3 is 2.94 bits per heavy atom. The first-order chi connectivity index (χ1) is 7.67. The fourth-order valence-electron chi connectivity index (χ4n) is 1.42. The van der Waals surface area contributed by atoms with Gasteiger partial charge in [-0.3, -0.25) is 4.79 Å². The molecule has 1 unspecified atom stereocenters. The van der Waals surface area contributed by atoms with E-state index in [1.165, 1.54) is 0 Å². The third-order valence-electron chi connectivity index (χ3n) is 2.48. The quantitative estimate of drug-likeness (QED) is 0.696. The lowest BCUT2D eigenvalue weighted by molar-refractivity contribution is -0.149. The molecule has 0 aliphatic heterocycles. The summed E-state index contributed by atoms with van der Waals surface area (Å²) in [5, 5.41) is 0. The minimum atomic E-state index is -0.190. The highest BCUT2D eigenvalue weighted by molar-refractivity contribution is 5.69. The summed E-state index contributed by atoms with van der Waals surface area (Å²) >= 11 is 0. The van der Waals surface area contributed by atoms with Crippen LogP contribution in [0.5, 0.6) is 0 Å². The molecule has 1 rings (SSSR count). The van der Waals surface area contributed by atoms with Gasteiger partial charge in [0.25, 0.3) is 0 Å². The Balaban J connectivity index is 2.52. The van der Waals surface area contributed by atoms with Gasteiger partial charge in [-0.15, -0.1) is 0 Å². The van der Waals surface area contributed by atoms with Crippen molar-refractivity contribution in [3.05, 3.63) is 18.2 Å². The van der Waals surface area contributed by atoms with Gasteiger partial charge in [0.2, 0.25) is 0 Å². The monoisotopic (exact) mass is 224 g/mol. The molecule has 0 N–H and O–H groups in total. The van der Waals surface area contributed by atoms with E-state index >= 15 is 0 Å². The molecule has 1 aromatic rings. The number of carbonyl (C=O) groups excluding carboxylic acids is 1. The van der Waals surface area contributed by atoms with Crippen LogP contribution in [-0.2, 0) is 22.5 Å². The largest absolute Gasteiger partial charge is 0.461 e. The van der Waals surface area contributed by atoms with E-state index in [1.807, 2.05) is 24.6 Å². The van der Waals surface area contributed by atoms with Crippen LogP contribution in [0.2, 0.25) is 0 Å². The summed E-state index contributed by atoms with van der Waals surface area (Å²) in [6.45, 7) is 6.26. The van der Waals surface area contributed by atoms with Crippen LogP contribution in [0.1, 0.15) is 39.4 Å². The highest BCUT2D eigenvalue weighted by atomic mass is 16.5. The second kappa shape index (κ2) is 6.30. The molecule has 90 valence electrons. The van der Waals surface area contributed by atoms with Crippen LogP contribution in [0.3, 0.4) is 0 Å². The lowest BCUT2D eigenvalue weighted by Crippen LogP contribution is -2.19. The average Bonchev–Trinajstić information content (AvgIpc) is 2.66. The van der Waals surface area contributed by atoms with E-state index in [1.54, 1.807) is 6.20 Å². The number of imidazole rings is 1. The van der Waals surface area contributed by atoms with Crippen molar-refractivity contribution in [2.75, 3.05) is 0 Å². The highest BCUT2D eigenvalue weighted by Gasteiger charge is 2.10. The fourth-order valence-corrected chi connectivity index (χ4v) is 1.42. The van der Waals surface area contributed by atoms with Gasteiger partial charge in [0, 0.05) is 18.8 Å². The van der Waals surface area contributed by atoms with Gasteiger partial charge in [-0.2, -0.15) is 0 Å². The molecule has 1 atom stereocenters. The molecule has 0 amide bonds. The Labute approximate surface area is 96.6 Å². The number of aromatic nitrogens is 2. The topological polar surface area (TPSA) is 44.1 Å². The van der Waals surface area contributed by atoms with Crippen molar-refractivity contribution in [1.29, 1.82) is 0 Å². The predicted octanol–water partition coefficient (Wildman–Crippen LogP) is 2.18. The zero-order valence-corrected chi connectivity index (χ0v) is 10.3. The normalized spacial score (nSPS) is 12.4. The Bertz CT molecular complexity index is 334. The molecule has 4 nitrogen and oxygen atoms in total. The van der Waals surface area contributed by atoms with E-state index in [0.717, 1.165) is 25.1 Å². The second-order valence-corrected chi connectivity index (χ2v) is 3.93. The van der Waals surface area contributed by atoms with Gasteiger partial charge in [0.1, 0.15) is 12.4 Å². The van der Waals surface area contributed by atoms with Gasteiger partial charge >= 0.3 is 5.97 Å². The summed E-state index contributed by atoms with van der Waals surface area (Å²) in [5.74, 6) is 0.758. The maximum Gasteiger partial charge on any atom is 0.326 e. The van der Waals surface area contributed by atoms with E-state index < -0.39 is 0 Å². The lowest BCUT2D eigenvalue weighted by Gasteiger charge is -2.12. The molecule has 0 bridgehead atoms. The maximum absolute atomic E-state index is 11.6. The Hall–Kier alpha value is -1.32. The van der Waals surface area contributed by atoms with E-state index in [-0.39, 0.29) is 18.6 Å². The minimum Gasteiger partial charge on any atom is -0.461 e. The van der Waals surface area contributed by atoms with Gasteiger partial charge in [0.05, 0.1) is 6.10 Å². The zero-order chi connectivity index (χ0) is 12.0. The summed E-state index contributed by atoms with van der Waals surface area (Å²) in [4.78, 5) is 15.8. The van der Waals surface area contributed by atoms with Crippen LogP contribution in [-0.4, -0.2) is 21.6 Å². The van der Waals surface area contributed by atoms with E-state index in [2.05, 4.69) is 11.9 Å². The first kappa shape index (κ1) is 12.7. The van der Waals surface area contributed by atoms with Crippen molar-refractivity contribution in [3.63, 3.8) is 0 Å². The minimum absolute atomic E-state index is 0.00866. The molecule has 0 aromatic carbocycles. The Morgan fingerprint density at radius 2 is 2.31 bits per heavy atom. The molecule has 0 spiro atoms. The summed E-state index contributed by atoms with van der Waals surface area (Å²) in [6, 6.07) is 0. The SMILES string of the molecule is CCCc1nccn1CC(=O)OC(C)CC. The highest BCUT2D eigenvalue weighted by Crippen LogP contribution is 2.03. The molecule has 1 aromatic heterocycles. The van der Waals surface area contributed by atoms with Gasteiger partial charge in [-0.25, -0.2) is 4.98 Å². The molecule has 0 radical (unpaired) electrons.